The highest BCUT2D eigenvalue weighted by Gasteiger charge is 2.22. The SMILES string of the molecule is CCOP(=O)(CCOCCO)OCC. The first kappa shape index (κ1) is 14.1. The lowest BCUT2D eigenvalue weighted by Crippen LogP contribution is -2.08. The molecule has 0 aliphatic rings. The first-order chi connectivity index (χ1) is 6.68. The molecule has 0 fully saturated rings. The Morgan fingerprint density at radius 3 is 2.14 bits per heavy atom. The lowest BCUT2D eigenvalue weighted by molar-refractivity contribution is 0.0981. The molecule has 0 aliphatic carbocycles. The Kier molecular flexibility index (Phi) is 8.43. The minimum absolute atomic E-state index is 0.0342. The predicted octanol–water partition coefficient (Wildman–Crippen LogP) is 1.26. The van der Waals surface area contributed by atoms with E-state index in [9.17, 15) is 4.57 Å². The molecule has 0 saturated heterocycles. The van der Waals surface area contributed by atoms with E-state index in [1.165, 1.54) is 0 Å². The van der Waals surface area contributed by atoms with Crippen LogP contribution in [0.15, 0.2) is 0 Å². The summed E-state index contributed by atoms with van der Waals surface area (Å²) in [6.07, 6.45) is 0.231. The molecule has 0 atom stereocenters. The predicted molar refractivity (Wildman–Crippen MR) is 53.6 cm³/mol. The van der Waals surface area contributed by atoms with Crippen LogP contribution in [-0.2, 0) is 18.3 Å². The van der Waals surface area contributed by atoms with Crippen LogP contribution in [0.1, 0.15) is 13.8 Å². The van der Waals surface area contributed by atoms with Crippen molar-refractivity contribution in [2.24, 2.45) is 0 Å². The van der Waals surface area contributed by atoms with Crippen molar-refractivity contribution >= 4 is 7.60 Å². The van der Waals surface area contributed by atoms with Gasteiger partial charge < -0.3 is 18.9 Å². The molecule has 1 N–H and O–H groups in total. The summed E-state index contributed by atoms with van der Waals surface area (Å²) in [5.41, 5.74) is 0. The quantitative estimate of drug-likeness (QED) is 0.473. The van der Waals surface area contributed by atoms with Crippen LogP contribution < -0.4 is 0 Å². The Morgan fingerprint density at radius 2 is 1.71 bits per heavy atom. The van der Waals surface area contributed by atoms with Crippen molar-refractivity contribution in [3.05, 3.63) is 0 Å². The van der Waals surface area contributed by atoms with Gasteiger partial charge in [-0.15, -0.1) is 0 Å². The molecular formula is C8H19O5P. The van der Waals surface area contributed by atoms with E-state index in [4.69, 9.17) is 18.9 Å². The molecule has 5 nitrogen and oxygen atoms in total. The Morgan fingerprint density at radius 1 is 1.14 bits per heavy atom. The Hall–Kier alpha value is 0.0700. The minimum Gasteiger partial charge on any atom is -0.394 e. The van der Waals surface area contributed by atoms with Crippen molar-refractivity contribution in [3.8, 4) is 0 Å². The molecular weight excluding hydrogens is 207 g/mol. The minimum atomic E-state index is -2.97. The van der Waals surface area contributed by atoms with E-state index in [1.54, 1.807) is 13.8 Å². The molecule has 86 valence electrons. The first-order valence-electron chi connectivity index (χ1n) is 4.75. The van der Waals surface area contributed by atoms with Gasteiger partial charge in [0.25, 0.3) is 0 Å². The normalized spacial score (nSPS) is 11.9. The second-order valence-corrected chi connectivity index (χ2v) is 4.69. The smallest absolute Gasteiger partial charge is 0.332 e. The van der Waals surface area contributed by atoms with Crippen molar-refractivity contribution in [1.29, 1.82) is 0 Å². The highest BCUT2D eigenvalue weighted by atomic mass is 31.2. The van der Waals surface area contributed by atoms with E-state index in [1.807, 2.05) is 0 Å². The van der Waals surface area contributed by atoms with Gasteiger partial charge in [0.1, 0.15) is 0 Å². The summed E-state index contributed by atoms with van der Waals surface area (Å²) in [4.78, 5) is 0. The third-order valence-electron chi connectivity index (χ3n) is 1.40. The topological polar surface area (TPSA) is 65.0 Å². The van der Waals surface area contributed by atoms with Crippen LogP contribution in [0.2, 0.25) is 0 Å². The number of hydrogen-bond donors (Lipinski definition) is 1. The van der Waals surface area contributed by atoms with Gasteiger partial charge in [0.05, 0.1) is 39.2 Å². The van der Waals surface area contributed by atoms with Gasteiger partial charge in [-0.3, -0.25) is 4.57 Å². The van der Waals surface area contributed by atoms with Crippen LogP contribution >= 0.6 is 7.60 Å². The van der Waals surface area contributed by atoms with Crippen LogP contribution in [0.5, 0.6) is 0 Å². The van der Waals surface area contributed by atoms with Gasteiger partial charge in [0, 0.05) is 0 Å². The summed E-state index contributed by atoms with van der Waals surface area (Å²) in [5, 5.41) is 8.45. The number of aliphatic hydroxyl groups excluding tert-OH is 1. The van der Waals surface area contributed by atoms with Crippen LogP contribution in [0.25, 0.3) is 0 Å². The van der Waals surface area contributed by atoms with Gasteiger partial charge in [-0.1, -0.05) is 0 Å². The number of aliphatic hydroxyl groups is 1. The third-order valence-corrected chi connectivity index (χ3v) is 3.43. The first-order valence-corrected chi connectivity index (χ1v) is 6.48. The Bertz CT molecular complexity index is 163. The lowest BCUT2D eigenvalue weighted by atomic mass is 10.7. The van der Waals surface area contributed by atoms with Crippen molar-refractivity contribution in [3.63, 3.8) is 0 Å². The van der Waals surface area contributed by atoms with Crippen LogP contribution in [0.4, 0.5) is 0 Å². The zero-order valence-corrected chi connectivity index (χ0v) is 9.66. The van der Waals surface area contributed by atoms with Crippen LogP contribution in [0, 0.1) is 0 Å². The fourth-order valence-corrected chi connectivity index (χ4v) is 2.37. The van der Waals surface area contributed by atoms with E-state index in [0.29, 0.717) is 13.2 Å². The van der Waals surface area contributed by atoms with E-state index in [2.05, 4.69) is 0 Å². The third kappa shape index (κ3) is 6.51. The molecule has 0 bridgehead atoms. The molecule has 0 unspecified atom stereocenters. The van der Waals surface area contributed by atoms with Crippen molar-refractivity contribution in [2.75, 3.05) is 39.2 Å². The largest absolute Gasteiger partial charge is 0.394 e. The molecule has 0 aliphatic heterocycles. The highest BCUT2D eigenvalue weighted by Crippen LogP contribution is 2.47. The summed E-state index contributed by atoms with van der Waals surface area (Å²) >= 11 is 0. The standard InChI is InChI=1S/C8H19O5P/c1-3-12-14(10,13-4-2)8-7-11-6-5-9/h9H,3-8H2,1-2H3. The summed E-state index contributed by atoms with van der Waals surface area (Å²) in [5.74, 6) is 0. The van der Waals surface area contributed by atoms with Crippen LogP contribution in [-0.4, -0.2) is 44.3 Å². The molecule has 0 saturated carbocycles. The van der Waals surface area contributed by atoms with Gasteiger partial charge in [0.2, 0.25) is 0 Å². The second kappa shape index (κ2) is 8.38. The fraction of sp³-hybridized carbons (Fsp3) is 1.00. The molecule has 0 aromatic carbocycles. The average molecular weight is 226 g/mol. The van der Waals surface area contributed by atoms with E-state index < -0.39 is 7.60 Å². The summed E-state index contributed by atoms with van der Waals surface area (Å²) in [6, 6.07) is 0. The maximum Gasteiger partial charge on any atom is 0.332 e. The second-order valence-electron chi connectivity index (χ2n) is 2.51. The molecule has 0 aromatic heterocycles. The van der Waals surface area contributed by atoms with Gasteiger partial charge in [-0.05, 0) is 13.8 Å². The van der Waals surface area contributed by atoms with Crippen molar-refractivity contribution in [1.82, 2.24) is 0 Å². The van der Waals surface area contributed by atoms with Gasteiger partial charge >= 0.3 is 7.60 Å². The Balaban J connectivity index is 3.78. The van der Waals surface area contributed by atoms with Crippen molar-refractivity contribution < 1.29 is 23.5 Å². The van der Waals surface area contributed by atoms with E-state index >= 15 is 0 Å². The summed E-state index contributed by atoms with van der Waals surface area (Å²) < 4.78 is 26.9. The van der Waals surface area contributed by atoms with Gasteiger partial charge in [-0.25, -0.2) is 0 Å². The molecule has 0 aromatic rings. The zero-order chi connectivity index (χ0) is 10.9. The van der Waals surface area contributed by atoms with Gasteiger partial charge in [0.15, 0.2) is 0 Å². The molecule has 0 rings (SSSR count). The average Bonchev–Trinajstić information content (AvgIpc) is 2.13. The lowest BCUT2D eigenvalue weighted by Gasteiger charge is -2.16. The Labute approximate surface area is 84.9 Å². The zero-order valence-electron chi connectivity index (χ0n) is 8.77. The maximum absolute atomic E-state index is 11.8. The van der Waals surface area contributed by atoms with Gasteiger partial charge in [-0.2, -0.15) is 0 Å². The number of ether oxygens (including phenoxy) is 1. The molecule has 0 amide bonds. The number of hydrogen-bond acceptors (Lipinski definition) is 5. The molecule has 14 heavy (non-hydrogen) atoms. The number of rotatable bonds is 9. The van der Waals surface area contributed by atoms with Crippen LogP contribution in [0.3, 0.4) is 0 Å². The van der Waals surface area contributed by atoms with E-state index in [0.717, 1.165) is 0 Å². The summed E-state index contributed by atoms with van der Waals surface area (Å²) in [7, 11) is -2.97. The molecule has 0 heterocycles. The molecule has 6 heteroatoms. The maximum atomic E-state index is 11.8. The highest BCUT2D eigenvalue weighted by molar-refractivity contribution is 7.53. The molecule has 0 spiro atoms. The monoisotopic (exact) mass is 226 g/mol. The van der Waals surface area contributed by atoms with E-state index in [-0.39, 0.29) is 26.0 Å². The fourth-order valence-electron chi connectivity index (χ4n) is 0.903. The summed E-state index contributed by atoms with van der Waals surface area (Å²) in [6.45, 7) is 4.73. The van der Waals surface area contributed by atoms with Crippen molar-refractivity contribution in [2.45, 2.75) is 13.8 Å². The molecule has 0 radical (unpaired) electrons.